The summed E-state index contributed by atoms with van der Waals surface area (Å²) in [5, 5.41) is 11.6. The number of anilines is 1. The molecule has 0 bridgehead atoms. The monoisotopic (exact) mass is 349 g/mol. The SMILES string of the molecule is Cc1ccc(NC(=O)N(C)CC(C)C(=O)O)cc1C(=O)N(C)C(C)C. The van der Waals surface area contributed by atoms with Gasteiger partial charge in [-0.25, -0.2) is 4.79 Å². The lowest BCUT2D eigenvalue weighted by molar-refractivity contribution is -0.141. The fourth-order valence-corrected chi connectivity index (χ4v) is 2.15. The van der Waals surface area contributed by atoms with Crippen LogP contribution >= 0.6 is 0 Å². The number of nitrogens with one attached hydrogen (secondary N) is 1. The van der Waals surface area contributed by atoms with Gasteiger partial charge in [-0.1, -0.05) is 13.0 Å². The van der Waals surface area contributed by atoms with Crippen LogP contribution in [0.2, 0.25) is 0 Å². The molecule has 1 aromatic rings. The molecule has 0 aromatic heterocycles. The number of urea groups is 1. The van der Waals surface area contributed by atoms with Crippen LogP contribution in [0, 0.1) is 12.8 Å². The van der Waals surface area contributed by atoms with Crippen molar-refractivity contribution in [2.24, 2.45) is 5.92 Å². The van der Waals surface area contributed by atoms with Gasteiger partial charge in [0.2, 0.25) is 0 Å². The number of benzene rings is 1. The van der Waals surface area contributed by atoms with Crippen LogP contribution in [0.5, 0.6) is 0 Å². The van der Waals surface area contributed by atoms with Gasteiger partial charge in [-0.3, -0.25) is 9.59 Å². The number of carboxylic acids is 1. The molecule has 138 valence electrons. The van der Waals surface area contributed by atoms with E-state index < -0.39 is 17.9 Å². The van der Waals surface area contributed by atoms with E-state index in [0.29, 0.717) is 11.3 Å². The van der Waals surface area contributed by atoms with Crippen LogP contribution in [-0.2, 0) is 4.79 Å². The molecule has 0 heterocycles. The van der Waals surface area contributed by atoms with Crippen LogP contribution in [-0.4, -0.2) is 59.5 Å². The standard InChI is InChI=1S/C18H27N3O4/c1-11(2)21(6)16(22)15-9-14(8-7-12(15)3)19-18(25)20(5)10-13(4)17(23)24/h7-9,11,13H,10H2,1-6H3,(H,19,25)(H,23,24). The summed E-state index contributed by atoms with van der Waals surface area (Å²) in [5.41, 5.74) is 1.84. The molecule has 0 aliphatic carbocycles. The van der Waals surface area contributed by atoms with E-state index in [1.54, 1.807) is 30.1 Å². The first-order valence-electron chi connectivity index (χ1n) is 8.17. The van der Waals surface area contributed by atoms with Gasteiger partial charge in [0.05, 0.1) is 5.92 Å². The van der Waals surface area contributed by atoms with Crippen LogP contribution in [0.1, 0.15) is 36.7 Å². The largest absolute Gasteiger partial charge is 0.481 e. The van der Waals surface area contributed by atoms with Crippen LogP contribution in [0.4, 0.5) is 10.5 Å². The number of hydrogen-bond donors (Lipinski definition) is 2. The van der Waals surface area contributed by atoms with E-state index in [0.717, 1.165) is 5.56 Å². The Morgan fingerprint density at radius 1 is 1.16 bits per heavy atom. The molecule has 1 aromatic carbocycles. The van der Waals surface area contributed by atoms with Crippen molar-refractivity contribution >= 4 is 23.6 Å². The summed E-state index contributed by atoms with van der Waals surface area (Å²) >= 11 is 0. The van der Waals surface area contributed by atoms with Crippen molar-refractivity contribution < 1.29 is 19.5 Å². The first-order valence-corrected chi connectivity index (χ1v) is 8.17. The van der Waals surface area contributed by atoms with E-state index in [2.05, 4.69) is 5.32 Å². The molecule has 1 atom stereocenters. The number of nitrogens with zero attached hydrogens (tertiary/aromatic N) is 2. The molecule has 7 heteroatoms. The molecule has 0 saturated carbocycles. The minimum Gasteiger partial charge on any atom is -0.481 e. The first kappa shape index (κ1) is 20.5. The zero-order valence-corrected chi connectivity index (χ0v) is 15.7. The zero-order chi connectivity index (χ0) is 19.3. The van der Waals surface area contributed by atoms with Gasteiger partial charge in [0.15, 0.2) is 0 Å². The highest BCUT2D eigenvalue weighted by atomic mass is 16.4. The maximum absolute atomic E-state index is 12.5. The highest BCUT2D eigenvalue weighted by molar-refractivity contribution is 5.98. The third-order valence-electron chi connectivity index (χ3n) is 4.13. The van der Waals surface area contributed by atoms with E-state index in [-0.39, 0.29) is 18.5 Å². The molecule has 2 N–H and O–H groups in total. The minimum atomic E-state index is -0.959. The van der Waals surface area contributed by atoms with Crippen LogP contribution < -0.4 is 5.32 Å². The molecular weight excluding hydrogens is 322 g/mol. The maximum atomic E-state index is 12.5. The number of rotatable bonds is 6. The summed E-state index contributed by atoms with van der Waals surface area (Å²) in [7, 11) is 3.26. The molecule has 0 saturated heterocycles. The molecule has 0 radical (unpaired) electrons. The quantitative estimate of drug-likeness (QED) is 0.826. The van der Waals surface area contributed by atoms with Crippen molar-refractivity contribution in [1.82, 2.24) is 9.80 Å². The average Bonchev–Trinajstić information content (AvgIpc) is 2.54. The van der Waals surface area contributed by atoms with E-state index in [9.17, 15) is 14.4 Å². The fourth-order valence-electron chi connectivity index (χ4n) is 2.15. The Bertz CT molecular complexity index is 658. The molecule has 1 rings (SSSR count). The topological polar surface area (TPSA) is 90.0 Å². The molecule has 0 fully saturated rings. The van der Waals surface area contributed by atoms with Gasteiger partial charge in [-0.2, -0.15) is 0 Å². The lowest BCUT2D eigenvalue weighted by Gasteiger charge is -2.23. The number of carbonyl (C=O) groups is 3. The summed E-state index contributed by atoms with van der Waals surface area (Å²) < 4.78 is 0. The van der Waals surface area contributed by atoms with Gasteiger partial charge in [-0.15, -0.1) is 0 Å². The highest BCUT2D eigenvalue weighted by Crippen LogP contribution is 2.18. The number of carboxylic acid groups (broad SMARTS) is 1. The van der Waals surface area contributed by atoms with Crippen molar-refractivity contribution in [2.45, 2.75) is 33.7 Å². The van der Waals surface area contributed by atoms with Gasteiger partial charge in [-0.05, 0) is 38.5 Å². The van der Waals surface area contributed by atoms with Crippen molar-refractivity contribution in [1.29, 1.82) is 0 Å². The first-order chi connectivity index (χ1) is 11.5. The second kappa shape index (κ2) is 8.50. The summed E-state index contributed by atoms with van der Waals surface area (Å²) in [6, 6.07) is 4.77. The van der Waals surface area contributed by atoms with E-state index in [1.807, 2.05) is 20.8 Å². The molecule has 3 amide bonds. The number of amides is 3. The predicted molar refractivity (Wildman–Crippen MR) is 96.9 cm³/mol. The van der Waals surface area contributed by atoms with E-state index >= 15 is 0 Å². The Hall–Kier alpha value is -2.57. The number of carbonyl (C=O) groups excluding carboxylic acids is 2. The van der Waals surface area contributed by atoms with Crippen molar-refractivity contribution in [2.75, 3.05) is 26.0 Å². The Morgan fingerprint density at radius 3 is 2.28 bits per heavy atom. The summed E-state index contributed by atoms with van der Waals surface area (Å²) in [5.74, 6) is -1.73. The van der Waals surface area contributed by atoms with E-state index in [4.69, 9.17) is 5.11 Å². The molecule has 1 unspecified atom stereocenters. The van der Waals surface area contributed by atoms with Crippen LogP contribution in [0.15, 0.2) is 18.2 Å². The summed E-state index contributed by atoms with van der Waals surface area (Å²) in [4.78, 5) is 38.6. The van der Waals surface area contributed by atoms with Crippen LogP contribution in [0.25, 0.3) is 0 Å². The molecule has 0 aliphatic heterocycles. The van der Waals surface area contributed by atoms with Crippen LogP contribution in [0.3, 0.4) is 0 Å². The Morgan fingerprint density at radius 2 is 1.76 bits per heavy atom. The fraction of sp³-hybridized carbons (Fsp3) is 0.500. The van der Waals surface area contributed by atoms with Gasteiger partial charge in [0.25, 0.3) is 5.91 Å². The maximum Gasteiger partial charge on any atom is 0.321 e. The molecule has 0 spiro atoms. The number of hydrogen-bond acceptors (Lipinski definition) is 3. The zero-order valence-electron chi connectivity index (χ0n) is 15.7. The molecule has 25 heavy (non-hydrogen) atoms. The number of aliphatic carboxylic acids is 1. The third kappa shape index (κ3) is 5.48. The summed E-state index contributed by atoms with van der Waals surface area (Å²) in [6.45, 7) is 7.33. The highest BCUT2D eigenvalue weighted by Gasteiger charge is 2.19. The third-order valence-corrected chi connectivity index (χ3v) is 4.13. The average molecular weight is 349 g/mol. The molecule has 7 nitrogen and oxygen atoms in total. The molecule has 0 aliphatic rings. The Kier molecular flexibility index (Phi) is 6.97. The van der Waals surface area contributed by atoms with Gasteiger partial charge in [0.1, 0.15) is 0 Å². The van der Waals surface area contributed by atoms with E-state index in [1.165, 1.54) is 18.9 Å². The second-order valence-electron chi connectivity index (χ2n) is 6.59. The number of aryl methyl sites for hydroxylation is 1. The lowest BCUT2D eigenvalue weighted by atomic mass is 10.1. The van der Waals surface area contributed by atoms with Gasteiger partial charge < -0.3 is 20.2 Å². The predicted octanol–water partition coefficient (Wildman–Crippen LogP) is 2.66. The normalized spacial score (nSPS) is 11.8. The van der Waals surface area contributed by atoms with Crippen molar-refractivity contribution in [3.8, 4) is 0 Å². The van der Waals surface area contributed by atoms with Gasteiger partial charge in [0, 0.05) is 37.9 Å². The van der Waals surface area contributed by atoms with Gasteiger partial charge >= 0.3 is 12.0 Å². The van der Waals surface area contributed by atoms with Crippen molar-refractivity contribution in [3.63, 3.8) is 0 Å². The smallest absolute Gasteiger partial charge is 0.321 e. The van der Waals surface area contributed by atoms with Crippen molar-refractivity contribution in [3.05, 3.63) is 29.3 Å². The summed E-state index contributed by atoms with van der Waals surface area (Å²) in [6.07, 6.45) is 0. The molecular formula is C18H27N3O4. The minimum absolute atomic E-state index is 0.0637. The lowest BCUT2D eigenvalue weighted by Crippen LogP contribution is -2.36. The second-order valence-corrected chi connectivity index (χ2v) is 6.59. The Balaban J connectivity index is 2.90. The Labute approximate surface area is 148 Å².